The molecule has 1 heterocycles. The summed E-state index contributed by atoms with van der Waals surface area (Å²) in [5.41, 5.74) is 5.98. The minimum atomic E-state index is -0.0698. The first-order valence-corrected chi connectivity index (χ1v) is 5.43. The lowest BCUT2D eigenvalue weighted by Crippen LogP contribution is -2.47. The van der Waals surface area contributed by atoms with Gasteiger partial charge in [-0.25, -0.2) is 4.99 Å². The minimum Gasteiger partial charge on any atom is -0.457 e. The van der Waals surface area contributed by atoms with E-state index in [9.17, 15) is 0 Å². The number of rotatable bonds is 0. The molecule has 1 spiro atoms. The molecule has 0 bridgehead atoms. The van der Waals surface area contributed by atoms with Crippen LogP contribution in [-0.4, -0.2) is 18.2 Å². The molecule has 2 unspecified atom stereocenters. The van der Waals surface area contributed by atoms with Crippen LogP contribution in [-0.2, 0) is 4.74 Å². The first-order chi connectivity index (χ1) is 6.44. The molecule has 0 saturated heterocycles. The van der Waals surface area contributed by atoms with Crippen LogP contribution in [0.15, 0.2) is 4.99 Å². The van der Waals surface area contributed by atoms with Gasteiger partial charge in [-0.05, 0) is 30.6 Å². The standard InChI is InChI=1S/C11H20N2O/c1-8-6-10(2,3)4-5-11(8)7-13-9(12)14-11/h8H,4-7H2,1-3H3,(H2,12,13). The summed E-state index contributed by atoms with van der Waals surface area (Å²) in [5, 5.41) is 0. The molecular formula is C11H20N2O. The van der Waals surface area contributed by atoms with Crippen LogP contribution in [0.25, 0.3) is 0 Å². The van der Waals surface area contributed by atoms with Gasteiger partial charge in [-0.3, -0.25) is 0 Å². The summed E-state index contributed by atoms with van der Waals surface area (Å²) < 4.78 is 5.72. The van der Waals surface area contributed by atoms with E-state index in [2.05, 4.69) is 25.8 Å². The second kappa shape index (κ2) is 2.88. The Kier molecular flexibility index (Phi) is 2.02. The number of nitrogens with two attached hydrogens (primary N) is 1. The molecule has 1 aliphatic heterocycles. The zero-order valence-electron chi connectivity index (χ0n) is 9.34. The highest BCUT2D eigenvalue weighted by atomic mass is 16.5. The third kappa shape index (κ3) is 1.49. The van der Waals surface area contributed by atoms with Crippen LogP contribution < -0.4 is 5.73 Å². The Morgan fingerprint density at radius 2 is 2.14 bits per heavy atom. The van der Waals surface area contributed by atoms with E-state index < -0.39 is 0 Å². The van der Waals surface area contributed by atoms with Crippen molar-refractivity contribution in [2.75, 3.05) is 6.54 Å². The molecule has 1 fully saturated rings. The zero-order chi connectivity index (χ0) is 10.4. The van der Waals surface area contributed by atoms with Gasteiger partial charge in [0.05, 0.1) is 6.54 Å². The molecule has 0 aromatic rings. The maximum absolute atomic E-state index is 5.72. The maximum atomic E-state index is 5.72. The molecular weight excluding hydrogens is 176 g/mol. The normalized spacial score (nSPS) is 40.8. The Morgan fingerprint density at radius 1 is 1.43 bits per heavy atom. The van der Waals surface area contributed by atoms with Crippen LogP contribution in [0, 0.1) is 11.3 Å². The molecule has 0 aromatic carbocycles. The van der Waals surface area contributed by atoms with Gasteiger partial charge in [0.1, 0.15) is 5.60 Å². The highest BCUT2D eigenvalue weighted by molar-refractivity contribution is 5.73. The smallest absolute Gasteiger partial charge is 0.282 e. The molecule has 0 amide bonds. The number of ether oxygens (including phenoxy) is 1. The number of nitrogens with zero attached hydrogens (tertiary/aromatic N) is 1. The van der Waals surface area contributed by atoms with E-state index in [1.54, 1.807) is 0 Å². The quantitative estimate of drug-likeness (QED) is 0.643. The van der Waals surface area contributed by atoms with E-state index in [0.717, 1.165) is 13.0 Å². The lowest BCUT2D eigenvalue weighted by atomic mass is 9.65. The van der Waals surface area contributed by atoms with E-state index in [0.29, 0.717) is 17.4 Å². The van der Waals surface area contributed by atoms with Gasteiger partial charge < -0.3 is 10.5 Å². The van der Waals surface area contributed by atoms with E-state index in [1.165, 1.54) is 12.8 Å². The van der Waals surface area contributed by atoms with Crippen molar-refractivity contribution in [2.45, 2.75) is 45.6 Å². The van der Waals surface area contributed by atoms with Crippen molar-refractivity contribution in [1.82, 2.24) is 0 Å². The van der Waals surface area contributed by atoms with Gasteiger partial charge in [0, 0.05) is 0 Å². The molecule has 1 saturated carbocycles. The van der Waals surface area contributed by atoms with Crippen LogP contribution in [0.1, 0.15) is 40.0 Å². The average molecular weight is 196 g/mol. The van der Waals surface area contributed by atoms with Crippen molar-refractivity contribution >= 4 is 6.02 Å². The van der Waals surface area contributed by atoms with Crippen LogP contribution in [0.5, 0.6) is 0 Å². The van der Waals surface area contributed by atoms with Gasteiger partial charge in [-0.2, -0.15) is 0 Å². The van der Waals surface area contributed by atoms with Gasteiger partial charge in [-0.1, -0.05) is 20.8 Å². The average Bonchev–Trinajstić information content (AvgIpc) is 2.43. The molecule has 2 aliphatic rings. The molecule has 0 aromatic heterocycles. The van der Waals surface area contributed by atoms with Gasteiger partial charge in [-0.15, -0.1) is 0 Å². The van der Waals surface area contributed by atoms with E-state index in [4.69, 9.17) is 10.5 Å². The fourth-order valence-corrected chi connectivity index (χ4v) is 2.78. The number of hydrogen-bond donors (Lipinski definition) is 1. The second-order valence-corrected chi connectivity index (χ2v) is 5.59. The minimum absolute atomic E-state index is 0.0698. The maximum Gasteiger partial charge on any atom is 0.282 e. The first kappa shape index (κ1) is 9.81. The molecule has 1 aliphatic carbocycles. The van der Waals surface area contributed by atoms with Crippen molar-refractivity contribution in [3.8, 4) is 0 Å². The predicted molar refractivity (Wildman–Crippen MR) is 57.1 cm³/mol. The highest BCUT2D eigenvalue weighted by Gasteiger charge is 2.48. The fourth-order valence-electron chi connectivity index (χ4n) is 2.78. The van der Waals surface area contributed by atoms with E-state index in [1.807, 2.05) is 0 Å². The van der Waals surface area contributed by atoms with Gasteiger partial charge in [0.15, 0.2) is 0 Å². The van der Waals surface area contributed by atoms with Crippen LogP contribution in [0.3, 0.4) is 0 Å². The monoisotopic (exact) mass is 196 g/mol. The lowest BCUT2D eigenvalue weighted by molar-refractivity contribution is -0.0386. The van der Waals surface area contributed by atoms with Crippen LogP contribution in [0.4, 0.5) is 0 Å². The van der Waals surface area contributed by atoms with Gasteiger partial charge in [0.25, 0.3) is 6.02 Å². The van der Waals surface area contributed by atoms with Crippen LogP contribution >= 0.6 is 0 Å². The molecule has 2 atom stereocenters. The first-order valence-electron chi connectivity index (χ1n) is 5.43. The third-order valence-electron chi connectivity index (χ3n) is 3.79. The summed E-state index contributed by atoms with van der Waals surface area (Å²) in [6.07, 6.45) is 3.50. The second-order valence-electron chi connectivity index (χ2n) is 5.59. The van der Waals surface area contributed by atoms with E-state index >= 15 is 0 Å². The summed E-state index contributed by atoms with van der Waals surface area (Å²) in [5.74, 6) is 0.552. The van der Waals surface area contributed by atoms with Crippen molar-refractivity contribution in [3.63, 3.8) is 0 Å². The molecule has 0 radical (unpaired) electrons. The molecule has 3 nitrogen and oxygen atoms in total. The largest absolute Gasteiger partial charge is 0.457 e. The topological polar surface area (TPSA) is 47.6 Å². The van der Waals surface area contributed by atoms with Gasteiger partial charge in [0.2, 0.25) is 0 Å². The highest BCUT2D eigenvalue weighted by Crippen LogP contribution is 2.46. The molecule has 2 N–H and O–H groups in total. The van der Waals surface area contributed by atoms with Gasteiger partial charge >= 0.3 is 0 Å². The number of aliphatic imine (C=N–C) groups is 1. The number of amidine groups is 1. The summed E-state index contributed by atoms with van der Waals surface area (Å²) in [4.78, 5) is 4.18. The zero-order valence-corrected chi connectivity index (χ0v) is 9.34. The van der Waals surface area contributed by atoms with Crippen molar-refractivity contribution in [1.29, 1.82) is 0 Å². The van der Waals surface area contributed by atoms with Crippen molar-refractivity contribution < 1.29 is 4.74 Å². The Balaban J connectivity index is 2.10. The summed E-state index contributed by atoms with van der Waals surface area (Å²) in [6, 6.07) is 0.386. The SMILES string of the molecule is CC1CC(C)(C)CCC12CN=C(N)O2. The Hall–Kier alpha value is -0.730. The fraction of sp³-hybridized carbons (Fsp3) is 0.909. The summed E-state index contributed by atoms with van der Waals surface area (Å²) in [7, 11) is 0. The van der Waals surface area contributed by atoms with E-state index in [-0.39, 0.29) is 5.60 Å². The third-order valence-corrected chi connectivity index (χ3v) is 3.79. The molecule has 14 heavy (non-hydrogen) atoms. The molecule has 2 rings (SSSR count). The Morgan fingerprint density at radius 3 is 2.64 bits per heavy atom. The van der Waals surface area contributed by atoms with Crippen molar-refractivity contribution in [3.05, 3.63) is 0 Å². The Bertz CT molecular complexity index is 272. The summed E-state index contributed by atoms with van der Waals surface area (Å²) in [6.45, 7) is 7.68. The summed E-state index contributed by atoms with van der Waals surface area (Å²) >= 11 is 0. The molecule has 80 valence electrons. The van der Waals surface area contributed by atoms with Crippen LogP contribution in [0.2, 0.25) is 0 Å². The number of hydrogen-bond acceptors (Lipinski definition) is 3. The lowest BCUT2D eigenvalue weighted by Gasteiger charge is -2.44. The Labute approximate surface area is 85.7 Å². The van der Waals surface area contributed by atoms with Crippen molar-refractivity contribution in [2.24, 2.45) is 22.1 Å². The molecule has 3 heteroatoms. The predicted octanol–water partition coefficient (Wildman–Crippen LogP) is 1.92.